The summed E-state index contributed by atoms with van der Waals surface area (Å²) >= 11 is 0. The number of carbonyl (C=O) groups is 3. The predicted octanol–water partition coefficient (Wildman–Crippen LogP) is -1.51. The van der Waals surface area contributed by atoms with Crippen LogP contribution >= 0.6 is 0 Å². The van der Waals surface area contributed by atoms with Gasteiger partial charge in [-0.05, 0) is 0 Å². The highest BCUT2D eigenvalue weighted by Gasteiger charge is 2.48. The fourth-order valence-corrected chi connectivity index (χ4v) is 1.90. The molecule has 0 unspecified atom stereocenters. The molecule has 21 heavy (non-hydrogen) atoms. The Bertz CT molecular complexity index is 406. The molecule has 0 spiro atoms. The van der Waals surface area contributed by atoms with E-state index in [1.807, 2.05) is 0 Å². The molecule has 1 aliphatic heterocycles. The number of hydrogen-bond acceptors (Lipinski definition) is 9. The van der Waals surface area contributed by atoms with Crippen LogP contribution in [0.15, 0.2) is 0 Å². The SMILES string of the molecule is CC(=O)OC[C@H]1O[C@@H](O)[C@H](OC(C)=O)[C@@H](O)[C@@H]1OC(C)=O. The highest BCUT2D eigenvalue weighted by molar-refractivity contribution is 5.67. The summed E-state index contributed by atoms with van der Waals surface area (Å²) in [6.45, 7) is 3.03. The zero-order valence-corrected chi connectivity index (χ0v) is 11.8. The summed E-state index contributed by atoms with van der Waals surface area (Å²) in [4.78, 5) is 32.8. The van der Waals surface area contributed by atoms with Gasteiger partial charge in [-0.1, -0.05) is 0 Å². The van der Waals surface area contributed by atoms with Crippen molar-refractivity contribution in [1.29, 1.82) is 0 Å². The molecule has 9 nitrogen and oxygen atoms in total. The number of aliphatic hydroxyl groups is 2. The minimum atomic E-state index is -1.64. The minimum Gasteiger partial charge on any atom is -0.463 e. The molecule has 5 atom stereocenters. The van der Waals surface area contributed by atoms with Gasteiger partial charge in [0.2, 0.25) is 0 Å². The third-order valence-corrected chi connectivity index (χ3v) is 2.69. The maximum Gasteiger partial charge on any atom is 0.303 e. The van der Waals surface area contributed by atoms with Gasteiger partial charge in [0.15, 0.2) is 18.5 Å². The first-order chi connectivity index (χ1) is 9.72. The molecule has 1 rings (SSSR count). The fourth-order valence-electron chi connectivity index (χ4n) is 1.90. The lowest BCUT2D eigenvalue weighted by Crippen LogP contribution is -2.61. The summed E-state index contributed by atoms with van der Waals surface area (Å²) < 4.78 is 19.5. The van der Waals surface area contributed by atoms with Crippen molar-refractivity contribution in [3.8, 4) is 0 Å². The van der Waals surface area contributed by atoms with Gasteiger partial charge in [-0.25, -0.2) is 0 Å². The average Bonchev–Trinajstić information content (AvgIpc) is 2.35. The molecule has 1 fully saturated rings. The maximum absolute atomic E-state index is 11.1. The van der Waals surface area contributed by atoms with E-state index in [0.717, 1.165) is 20.8 Å². The Morgan fingerprint density at radius 2 is 1.48 bits per heavy atom. The number of hydrogen-bond donors (Lipinski definition) is 2. The molecule has 0 radical (unpaired) electrons. The molecule has 0 bridgehead atoms. The monoisotopic (exact) mass is 306 g/mol. The Hall–Kier alpha value is -1.71. The number of rotatable bonds is 4. The van der Waals surface area contributed by atoms with Crippen molar-refractivity contribution < 1.29 is 43.5 Å². The smallest absolute Gasteiger partial charge is 0.303 e. The van der Waals surface area contributed by atoms with Crippen LogP contribution in [0, 0.1) is 0 Å². The molecule has 0 aromatic rings. The van der Waals surface area contributed by atoms with E-state index in [4.69, 9.17) is 18.9 Å². The molecular formula is C12H18O9. The number of esters is 3. The first kappa shape index (κ1) is 17.3. The van der Waals surface area contributed by atoms with E-state index in [1.165, 1.54) is 0 Å². The molecule has 0 aliphatic carbocycles. The van der Waals surface area contributed by atoms with E-state index in [-0.39, 0.29) is 6.61 Å². The van der Waals surface area contributed by atoms with E-state index in [2.05, 4.69) is 0 Å². The summed E-state index contributed by atoms with van der Waals surface area (Å²) in [5, 5.41) is 19.8. The molecule has 1 saturated heterocycles. The molecular weight excluding hydrogens is 288 g/mol. The van der Waals surface area contributed by atoms with E-state index < -0.39 is 48.6 Å². The lowest BCUT2D eigenvalue weighted by atomic mass is 9.99. The number of carbonyl (C=O) groups excluding carboxylic acids is 3. The van der Waals surface area contributed by atoms with Gasteiger partial charge in [0.25, 0.3) is 0 Å². The van der Waals surface area contributed by atoms with Crippen molar-refractivity contribution in [3.05, 3.63) is 0 Å². The maximum atomic E-state index is 11.1. The van der Waals surface area contributed by atoms with Gasteiger partial charge < -0.3 is 29.2 Å². The van der Waals surface area contributed by atoms with Crippen molar-refractivity contribution in [2.24, 2.45) is 0 Å². The van der Waals surface area contributed by atoms with Crippen molar-refractivity contribution in [2.75, 3.05) is 6.61 Å². The fraction of sp³-hybridized carbons (Fsp3) is 0.750. The second-order valence-electron chi connectivity index (χ2n) is 4.51. The number of ether oxygens (including phenoxy) is 4. The van der Waals surface area contributed by atoms with Gasteiger partial charge in [0.05, 0.1) is 0 Å². The molecule has 0 amide bonds. The second kappa shape index (κ2) is 7.34. The van der Waals surface area contributed by atoms with Gasteiger partial charge in [-0.15, -0.1) is 0 Å². The normalized spacial score (nSPS) is 32.1. The van der Waals surface area contributed by atoms with Gasteiger partial charge >= 0.3 is 17.9 Å². The zero-order valence-electron chi connectivity index (χ0n) is 11.8. The Labute approximate surface area is 120 Å². The molecule has 1 aliphatic rings. The van der Waals surface area contributed by atoms with Crippen LogP contribution in [0.1, 0.15) is 20.8 Å². The zero-order chi connectivity index (χ0) is 16.2. The molecule has 120 valence electrons. The lowest BCUT2D eigenvalue weighted by Gasteiger charge is -2.41. The van der Waals surface area contributed by atoms with E-state index in [9.17, 15) is 24.6 Å². The summed E-state index contributed by atoms with van der Waals surface area (Å²) in [5.74, 6) is -2.07. The van der Waals surface area contributed by atoms with Crippen LogP contribution in [0.25, 0.3) is 0 Å². The van der Waals surface area contributed by atoms with Crippen molar-refractivity contribution in [2.45, 2.75) is 51.5 Å². The van der Waals surface area contributed by atoms with Crippen LogP contribution in [0.4, 0.5) is 0 Å². The largest absolute Gasteiger partial charge is 0.463 e. The molecule has 1 heterocycles. The Balaban J connectivity index is 2.86. The Morgan fingerprint density at radius 3 is 1.95 bits per heavy atom. The topological polar surface area (TPSA) is 129 Å². The third-order valence-electron chi connectivity index (χ3n) is 2.69. The van der Waals surface area contributed by atoms with Crippen LogP contribution in [0.2, 0.25) is 0 Å². The highest BCUT2D eigenvalue weighted by Crippen LogP contribution is 2.25. The van der Waals surface area contributed by atoms with Crippen LogP contribution in [0.5, 0.6) is 0 Å². The summed E-state index contributed by atoms with van der Waals surface area (Å²) in [7, 11) is 0. The van der Waals surface area contributed by atoms with Crippen molar-refractivity contribution >= 4 is 17.9 Å². The minimum absolute atomic E-state index is 0.339. The Morgan fingerprint density at radius 1 is 0.952 bits per heavy atom. The lowest BCUT2D eigenvalue weighted by molar-refractivity contribution is -0.293. The number of aliphatic hydroxyl groups excluding tert-OH is 2. The van der Waals surface area contributed by atoms with Crippen LogP contribution in [-0.4, -0.2) is 65.4 Å². The summed E-state index contributed by atoms with van der Waals surface area (Å²) in [5.41, 5.74) is 0. The average molecular weight is 306 g/mol. The summed E-state index contributed by atoms with van der Waals surface area (Å²) in [6.07, 6.45) is -6.93. The van der Waals surface area contributed by atoms with E-state index in [0.29, 0.717) is 0 Å². The van der Waals surface area contributed by atoms with Gasteiger partial charge in [-0.2, -0.15) is 0 Å². The second-order valence-corrected chi connectivity index (χ2v) is 4.51. The molecule has 0 aromatic heterocycles. The van der Waals surface area contributed by atoms with Crippen LogP contribution in [-0.2, 0) is 33.3 Å². The Kier molecular flexibility index (Phi) is 6.06. The van der Waals surface area contributed by atoms with Gasteiger partial charge in [0, 0.05) is 20.8 Å². The standard InChI is InChI=1S/C12H18O9/c1-5(13)18-4-8-10(19-6(2)14)9(16)11(12(17)21-8)20-7(3)15/h8-12,16-17H,4H2,1-3H3/t8-,9+,10-,11-,12-/m1/s1. The first-order valence-corrected chi connectivity index (χ1v) is 6.21. The van der Waals surface area contributed by atoms with Crippen molar-refractivity contribution in [1.82, 2.24) is 0 Å². The summed E-state index contributed by atoms with van der Waals surface area (Å²) in [6, 6.07) is 0. The van der Waals surface area contributed by atoms with Crippen molar-refractivity contribution in [3.63, 3.8) is 0 Å². The molecule has 2 N–H and O–H groups in total. The molecule has 9 heteroatoms. The van der Waals surface area contributed by atoms with E-state index in [1.54, 1.807) is 0 Å². The van der Waals surface area contributed by atoms with Crippen LogP contribution in [0.3, 0.4) is 0 Å². The third kappa shape index (κ3) is 4.96. The predicted molar refractivity (Wildman–Crippen MR) is 64.6 cm³/mol. The van der Waals surface area contributed by atoms with E-state index >= 15 is 0 Å². The molecule has 0 aromatic carbocycles. The van der Waals surface area contributed by atoms with Gasteiger partial charge in [0.1, 0.15) is 18.8 Å². The first-order valence-electron chi connectivity index (χ1n) is 6.21. The quantitative estimate of drug-likeness (QED) is 0.470. The van der Waals surface area contributed by atoms with Crippen LogP contribution < -0.4 is 0 Å². The highest BCUT2D eigenvalue weighted by atomic mass is 16.7. The molecule has 0 saturated carbocycles. The van der Waals surface area contributed by atoms with Gasteiger partial charge in [-0.3, -0.25) is 14.4 Å².